The zero-order chi connectivity index (χ0) is 26.0. The van der Waals surface area contributed by atoms with Crippen LogP contribution in [0.25, 0.3) is 10.8 Å². The Morgan fingerprint density at radius 1 is 0.632 bits per heavy atom. The van der Waals surface area contributed by atoms with E-state index < -0.39 is 11.1 Å². The summed E-state index contributed by atoms with van der Waals surface area (Å²) in [5.41, 5.74) is 2.92. The number of hydrogen-bond donors (Lipinski definition) is 1. The predicted octanol–water partition coefficient (Wildman–Crippen LogP) is 7.52. The fourth-order valence-corrected chi connectivity index (χ4v) is 5.80. The number of fused-ring (bicyclic) bond motifs is 1. The van der Waals surface area contributed by atoms with Crippen molar-refractivity contribution in [3.05, 3.63) is 174 Å². The molecular formula is C35H30N2O. The van der Waals surface area contributed by atoms with Crippen LogP contribution >= 0.6 is 0 Å². The molecule has 3 nitrogen and oxygen atoms in total. The van der Waals surface area contributed by atoms with Gasteiger partial charge in [-0.3, -0.25) is 0 Å². The zero-order valence-corrected chi connectivity index (χ0v) is 21.4. The van der Waals surface area contributed by atoms with E-state index >= 15 is 0 Å². The maximum absolute atomic E-state index is 12.3. The number of nitrogens with zero attached hydrogens (tertiary/aromatic N) is 2. The Labute approximate surface area is 223 Å². The van der Waals surface area contributed by atoms with Crippen LogP contribution in [0.2, 0.25) is 0 Å². The Kier molecular flexibility index (Phi) is 6.15. The van der Waals surface area contributed by atoms with Crippen LogP contribution in [-0.2, 0) is 11.1 Å². The number of aliphatic hydroxyl groups is 1. The SMILES string of the molecule is CCC(O)(c1cn(C(c2ccccc2)(c2ccccc2)c2ccccc2)cn1)c1cccc2ccccc12. The molecule has 3 heteroatoms. The minimum absolute atomic E-state index is 0.493. The number of hydrogen-bond acceptors (Lipinski definition) is 2. The molecule has 1 aromatic heterocycles. The molecule has 1 heterocycles. The van der Waals surface area contributed by atoms with E-state index in [1.807, 2.05) is 61.9 Å². The van der Waals surface area contributed by atoms with Gasteiger partial charge in [0.2, 0.25) is 0 Å². The third kappa shape index (κ3) is 3.75. The van der Waals surface area contributed by atoms with Crippen molar-refractivity contribution < 1.29 is 5.11 Å². The van der Waals surface area contributed by atoms with Gasteiger partial charge in [-0.1, -0.05) is 140 Å². The van der Waals surface area contributed by atoms with Gasteiger partial charge in [0.1, 0.15) is 11.1 Å². The summed E-state index contributed by atoms with van der Waals surface area (Å²) in [6, 6.07) is 45.9. The van der Waals surface area contributed by atoms with Crippen molar-refractivity contribution in [3.63, 3.8) is 0 Å². The normalized spacial score (nSPS) is 13.3. The van der Waals surface area contributed by atoms with Gasteiger partial charge in [0, 0.05) is 6.20 Å². The fourth-order valence-electron chi connectivity index (χ4n) is 5.80. The molecule has 38 heavy (non-hydrogen) atoms. The molecular weight excluding hydrogens is 464 g/mol. The van der Waals surface area contributed by atoms with E-state index in [9.17, 15) is 5.11 Å². The smallest absolute Gasteiger partial charge is 0.133 e. The summed E-state index contributed by atoms with van der Waals surface area (Å²) in [5, 5.41) is 14.4. The fraction of sp³-hybridized carbons (Fsp3) is 0.114. The summed E-state index contributed by atoms with van der Waals surface area (Å²) < 4.78 is 2.16. The lowest BCUT2D eigenvalue weighted by atomic mass is 9.76. The molecule has 0 aliphatic heterocycles. The van der Waals surface area contributed by atoms with Crippen molar-refractivity contribution in [2.45, 2.75) is 24.5 Å². The van der Waals surface area contributed by atoms with Crippen LogP contribution in [0.4, 0.5) is 0 Å². The lowest BCUT2D eigenvalue weighted by molar-refractivity contribution is 0.0737. The molecule has 6 aromatic rings. The lowest BCUT2D eigenvalue weighted by Crippen LogP contribution is -2.37. The second kappa shape index (κ2) is 9.77. The molecule has 0 radical (unpaired) electrons. The molecule has 0 fully saturated rings. The highest BCUT2D eigenvalue weighted by atomic mass is 16.3. The molecule has 0 saturated heterocycles. The molecule has 5 aromatic carbocycles. The van der Waals surface area contributed by atoms with Gasteiger partial charge < -0.3 is 9.67 Å². The van der Waals surface area contributed by atoms with Gasteiger partial charge in [-0.25, -0.2) is 4.98 Å². The van der Waals surface area contributed by atoms with Crippen LogP contribution in [0.15, 0.2) is 146 Å². The predicted molar refractivity (Wildman–Crippen MR) is 154 cm³/mol. The molecule has 0 amide bonds. The third-order valence-corrected chi connectivity index (χ3v) is 7.72. The Morgan fingerprint density at radius 2 is 1.13 bits per heavy atom. The van der Waals surface area contributed by atoms with E-state index in [4.69, 9.17) is 4.98 Å². The van der Waals surface area contributed by atoms with Crippen molar-refractivity contribution in [2.75, 3.05) is 0 Å². The average molecular weight is 495 g/mol. The highest BCUT2D eigenvalue weighted by Gasteiger charge is 2.40. The quantitative estimate of drug-likeness (QED) is 0.233. The molecule has 186 valence electrons. The minimum atomic E-state index is -1.25. The van der Waals surface area contributed by atoms with E-state index in [1.165, 1.54) is 0 Å². The molecule has 6 rings (SSSR count). The van der Waals surface area contributed by atoms with Crippen LogP contribution in [0, 0.1) is 0 Å². The van der Waals surface area contributed by atoms with E-state index in [0.717, 1.165) is 33.0 Å². The standard InChI is InChI=1S/C35H30N2O/c1-2-34(38,32-24-14-16-27-15-12-13-23-31(27)32)33-25-37(26-36-33)35(28-17-6-3-7-18-28,29-19-8-4-9-20-29)30-21-10-5-11-22-30/h3-26,38H,2H2,1H3. The van der Waals surface area contributed by atoms with Gasteiger partial charge in [-0.2, -0.15) is 0 Å². The maximum atomic E-state index is 12.3. The monoisotopic (exact) mass is 494 g/mol. The first-order chi connectivity index (χ1) is 18.7. The Morgan fingerprint density at radius 3 is 1.68 bits per heavy atom. The van der Waals surface area contributed by atoms with Crippen LogP contribution in [-0.4, -0.2) is 14.7 Å². The largest absolute Gasteiger partial charge is 0.379 e. The van der Waals surface area contributed by atoms with Crippen LogP contribution < -0.4 is 0 Å². The summed E-state index contributed by atoms with van der Waals surface area (Å²) in [7, 11) is 0. The molecule has 0 bridgehead atoms. The van der Waals surface area contributed by atoms with E-state index in [2.05, 4.69) is 95.6 Å². The maximum Gasteiger partial charge on any atom is 0.133 e. The van der Waals surface area contributed by atoms with Gasteiger partial charge >= 0.3 is 0 Å². The van der Waals surface area contributed by atoms with E-state index in [-0.39, 0.29) is 0 Å². The highest BCUT2D eigenvalue weighted by Crippen LogP contribution is 2.43. The van der Waals surface area contributed by atoms with E-state index in [0.29, 0.717) is 12.1 Å². The molecule has 0 spiro atoms. The third-order valence-electron chi connectivity index (χ3n) is 7.72. The van der Waals surface area contributed by atoms with Crippen molar-refractivity contribution in [3.8, 4) is 0 Å². The van der Waals surface area contributed by atoms with Crippen LogP contribution in [0.1, 0.15) is 41.3 Å². The summed E-state index contributed by atoms with van der Waals surface area (Å²) in [4.78, 5) is 4.90. The Bertz CT molecular complexity index is 1560. The summed E-state index contributed by atoms with van der Waals surface area (Å²) in [6.45, 7) is 2.01. The zero-order valence-electron chi connectivity index (χ0n) is 21.4. The molecule has 1 N–H and O–H groups in total. The highest BCUT2D eigenvalue weighted by molar-refractivity contribution is 5.86. The molecule has 1 unspecified atom stereocenters. The van der Waals surface area contributed by atoms with Crippen LogP contribution in [0.3, 0.4) is 0 Å². The number of imidazole rings is 1. The van der Waals surface area contributed by atoms with Crippen molar-refractivity contribution in [2.24, 2.45) is 0 Å². The second-order valence-corrected chi connectivity index (χ2v) is 9.72. The van der Waals surface area contributed by atoms with Crippen molar-refractivity contribution in [1.82, 2.24) is 9.55 Å². The van der Waals surface area contributed by atoms with Gasteiger partial charge in [-0.05, 0) is 39.4 Å². The van der Waals surface area contributed by atoms with E-state index in [1.54, 1.807) is 0 Å². The number of rotatable bonds is 7. The first-order valence-corrected chi connectivity index (χ1v) is 13.1. The molecule has 1 atom stereocenters. The van der Waals surface area contributed by atoms with Gasteiger partial charge in [0.05, 0.1) is 12.0 Å². The summed E-state index contributed by atoms with van der Waals surface area (Å²) in [6.07, 6.45) is 4.39. The second-order valence-electron chi connectivity index (χ2n) is 9.72. The van der Waals surface area contributed by atoms with Gasteiger partial charge in [-0.15, -0.1) is 0 Å². The minimum Gasteiger partial charge on any atom is -0.379 e. The van der Waals surface area contributed by atoms with Crippen molar-refractivity contribution >= 4 is 10.8 Å². The average Bonchev–Trinajstić information content (AvgIpc) is 3.50. The summed E-state index contributed by atoms with van der Waals surface area (Å²) >= 11 is 0. The number of aromatic nitrogens is 2. The Hall–Kier alpha value is -4.47. The number of benzene rings is 5. The topological polar surface area (TPSA) is 38.0 Å². The van der Waals surface area contributed by atoms with Gasteiger partial charge in [0.15, 0.2) is 0 Å². The summed E-state index contributed by atoms with van der Waals surface area (Å²) in [5.74, 6) is 0. The first kappa shape index (κ1) is 23.9. The first-order valence-electron chi connectivity index (χ1n) is 13.1. The molecule has 0 aliphatic rings. The van der Waals surface area contributed by atoms with Crippen molar-refractivity contribution in [1.29, 1.82) is 0 Å². The molecule has 0 aliphatic carbocycles. The lowest BCUT2D eigenvalue weighted by Gasteiger charge is -2.37. The Balaban J connectivity index is 1.62. The molecule has 0 saturated carbocycles. The van der Waals surface area contributed by atoms with Gasteiger partial charge in [0.25, 0.3) is 0 Å². The van der Waals surface area contributed by atoms with Crippen LogP contribution in [0.5, 0.6) is 0 Å².